The van der Waals surface area contributed by atoms with Crippen molar-refractivity contribution in [3.63, 3.8) is 0 Å². The van der Waals surface area contributed by atoms with Crippen LogP contribution in [0.5, 0.6) is 0 Å². The van der Waals surface area contributed by atoms with Crippen LogP contribution in [0.15, 0.2) is 24.3 Å². The summed E-state index contributed by atoms with van der Waals surface area (Å²) in [6.45, 7) is 3.88. The molecular formula is C16H21NO3. The molecule has 1 aliphatic rings. The molecule has 4 nitrogen and oxygen atoms in total. The van der Waals surface area contributed by atoms with E-state index in [1.807, 2.05) is 4.90 Å². The van der Waals surface area contributed by atoms with Crippen LogP contribution in [0, 0.1) is 5.92 Å². The van der Waals surface area contributed by atoms with E-state index in [0.717, 1.165) is 31.5 Å². The number of carboxylic acids is 1. The molecule has 2 rings (SSSR count). The minimum Gasteiger partial charge on any atom is -0.478 e. The van der Waals surface area contributed by atoms with Crippen molar-refractivity contribution in [3.8, 4) is 0 Å². The molecule has 1 N–H and O–H groups in total. The van der Waals surface area contributed by atoms with E-state index in [1.165, 1.54) is 6.42 Å². The van der Waals surface area contributed by atoms with Crippen molar-refractivity contribution in [1.29, 1.82) is 0 Å². The van der Waals surface area contributed by atoms with Gasteiger partial charge < -0.3 is 10.0 Å². The lowest BCUT2D eigenvalue weighted by Crippen LogP contribution is -2.40. The first-order valence-electron chi connectivity index (χ1n) is 7.20. The SMILES string of the molecule is CCC1CCCN(C(=O)Cc2ccc(C(=O)O)cc2)C1. The summed E-state index contributed by atoms with van der Waals surface area (Å²) in [5.74, 6) is -0.169. The Labute approximate surface area is 119 Å². The summed E-state index contributed by atoms with van der Waals surface area (Å²) in [6, 6.07) is 6.55. The van der Waals surface area contributed by atoms with Crippen molar-refractivity contribution >= 4 is 11.9 Å². The molecule has 0 spiro atoms. The van der Waals surface area contributed by atoms with Crippen molar-refractivity contribution < 1.29 is 14.7 Å². The molecule has 1 atom stereocenters. The lowest BCUT2D eigenvalue weighted by molar-refractivity contribution is -0.132. The van der Waals surface area contributed by atoms with E-state index in [0.29, 0.717) is 12.3 Å². The number of nitrogens with zero attached hydrogens (tertiary/aromatic N) is 1. The zero-order valence-corrected chi connectivity index (χ0v) is 11.8. The highest BCUT2D eigenvalue weighted by molar-refractivity contribution is 5.87. The number of carbonyl (C=O) groups is 2. The maximum Gasteiger partial charge on any atom is 0.335 e. The van der Waals surface area contributed by atoms with Crippen LogP contribution in [0.4, 0.5) is 0 Å². The van der Waals surface area contributed by atoms with E-state index < -0.39 is 5.97 Å². The summed E-state index contributed by atoms with van der Waals surface area (Å²) in [6.07, 6.45) is 3.78. The molecular weight excluding hydrogens is 254 g/mol. The highest BCUT2D eigenvalue weighted by Gasteiger charge is 2.22. The number of carboxylic acid groups (broad SMARTS) is 1. The summed E-state index contributed by atoms with van der Waals surface area (Å²) in [4.78, 5) is 25.0. The van der Waals surface area contributed by atoms with Crippen LogP contribution in [0.3, 0.4) is 0 Å². The average molecular weight is 275 g/mol. The first-order valence-corrected chi connectivity index (χ1v) is 7.20. The number of amides is 1. The molecule has 1 aromatic rings. The topological polar surface area (TPSA) is 57.6 Å². The summed E-state index contributed by atoms with van der Waals surface area (Å²) in [5.41, 5.74) is 1.13. The van der Waals surface area contributed by atoms with Gasteiger partial charge in [0.2, 0.25) is 5.91 Å². The van der Waals surface area contributed by atoms with E-state index in [2.05, 4.69) is 6.92 Å². The number of carbonyl (C=O) groups excluding carboxylic acids is 1. The molecule has 1 amide bonds. The number of hydrogen-bond donors (Lipinski definition) is 1. The van der Waals surface area contributed by atoms with Gasteiger partial charge in [0.05, 0.1) is 12.0 Å². The van der Waals surface area contributed by atoms with Gasteiger partial charge in [0.25, 0.3) is 0 Å². The Morgan fingerprint density at radius 2 is 2.00 bits per heavy atom. The fourth-order valence-electron chi connectivity index (χ4n) is 2.68. The van der Waals surface area contributed by atoms with Crippen LogP contribution < -0.4 is 0 Å². The van der Waals surface area contributed by atoms with Gasteiger partial charge in [-0.3, -0.25) is 4.79 Å². The molecule has 20 heavy (non-hydrogen) atoms. The molecule has 0 bridgehead atoms. The Balaban J connectivity index is 1.95. The number of likely N-dealkylation sites (tertiary alicyclic amines) is 1. The van der Waals surface area contributed by atoms with Crippen molar-refractivity contribution in [2.45, 2.75) is 32.6 Å². The summed E-state index contributed by atoms with van der Waals surface area (Å²) >= 11 is 0. The highest BCUT2D eigenvalue weighted by Crippen LogP contribution is 2.20. The van der Waals surface area contributed by atoms with Gasteiger partial charge in [0.1, 0.15) is 0 Å². The Hall–Kier alpha value is -1.84. The van der Waals surface area contributed by atoms with Crippen LogP contribution in [0.2, 0.25) is 0 Å². The van der Waals surface area contributed by atoms with E-state index in [1.54, 1.807) is 24.3 Å². The second-order valence-corrected chi connectivity index (χ2v) is 5.44. The van der Waals surface area contributed by atoms with Crippen molar-refractivity contribution in [3.05, 3.63) is 35.4 Å². The minimum atomic E-state index is -0.940. The van der Waals surface area contributed by atoms with E-state index >= 15 is 0 Å². The predicted octanol–water partition coefficient (Wildman–Crippen LogP) is 2.58. The molecule has 1 aliphatic heterocycles. The van der Waals surface area contributed by atoms with Crippen LogP contribution in [0.1, 0.15) is 42.1 Å². The van der Waals surface area contributed by atoms with Gasteiger partial charge in [-0.1, -0.05) is 25.5 Å². The largest absolute Gasteiger partial charge is 0.478 e. The fourth-order valence-corrected chi connectivity index (χ4v) is 2.68. The third kappa shape index (κ3) is 3.59. The lowest BCUT2D eigenvalue weighted by atomic mass is 9.95. The molecule has 1 heterocycles. The summed E-state index contributed by atoms with van der Waals surface area (Å²) in [5, 5.41) is 8.84. The quantitative estimate of drug-likeness (QED) is 0.918. The predicted molar refractivity (Wildman–Crippen MR) is 76.7 cm³/mol. The first kappa shape index (κ1) is 14.6. The third-order valence-electron chi connectivity index (χ3n) is 4.01. The number of aromatic carboxylic acids is 1. The molecule has 108 valence electrons. The van der Waals surface area contributed by atoms with Gasteiger partial charge >= 0.3 is 5.97 Å². The zero-order chi connectivity index (χ0) is 14.5. The van der Waals surface area contributed by atoms with Crippen LogP contribution in [-0.4, -0.2) is 35.0 Å². The Bertz CT molecular complexity index is 481. The van der Waals surface area contributed by atoms with Crippen molar-refractivity contribution in [1.82, 2.24) is 4.90 Å². The number of piperidine rings is 1. The normalized spacial score (nSPS) is 18.9. The van der Waals surface area contributed by atoms with Crippen LogP contribution in [-0.2, 0) is 11.2 Å². The maximum atomic E-state index is 12.3. The van der Waals surface area contributed by atoms with Gasteiger partial charge in [-0.05, 0) is 36.5 Å². The van der Waals surface area contributed by atoms with Gasteiger partial charge in [-0.2, -0.15) is 0 Å². The number of rotatable bonds is 4. The molecule has 0 aliphatic carbocycles. The molecule has 0 radical (unpaired) electrons. The highest BCUT2D eigenvalue weighted by atomic mass is 16.4. The molecule has 0 saturated carbocycles. The van der Waals surface area contributed by atoms with Crippen molar-refractivity contribution in [2.24, 2.45) is 5.92 Å². The monoisotopic (exact) mass is 275 g/mol. The first-order chi connectivity index (χ1) is 9.60. The Kier molecular flexibility index (Phi) is 4.77. The second kappa shape index (κ2) is 6.55. The Morgan fingerprint density at radius 3 is 2.60 bits per heavy atom. The number of hydrogen-bond acceptors (Lipinski definition) is 2. The fraction of sp³-hybridized carbons (Fsp3) is 0.500. The molecule has 1 saturated heterocycles. The van der Waals surface area contributed by atoms with Crippen LogP contribution >= 0.6 is 0 Å². The average Bonchev–Trinajstić information content (AvgIpc) is 2.47. The second-order valence-electron chi connectivity index (χ2n) is 5.44. The summed E-state index contributed by atoms with van der Waals surface area (Å²) < 4.78 is 0. The number of benzene rings is 1. The van der Waals surface area contributed by atoms with Gasteiger partial charge in [0.15, 0.2) is 0 Å². The van der Waals surface area contributed by atoms with Crippen LogP contribution in [0.25, 0.3) is 0 Å². The minimum absolute atomic E-state index is 0.145. The van der Waals surface area contributed by atoms with E-state index in [-0.39, 0.29) is 11.5 Å². The smallest absolute Gasteiger partial charge is 0.335 e. The lowest BCUT2D eigenvalue weighted by Gasteiger charge is -2.32. The van der Waals surface area contributed by atoms with Gasteiger partial charge in [-0.15, -0.1) is 0 Å². The molecule has 4 heteroatoms. The van der Waals surface area contributed by atoms with Gasteiger partial charge in [0, 0.05) is 13.1 Å². The van der Waals surface area contributed by atoms with Crippen molar-refractivity contribution in [2.75, 3.05) is 13.1 Å². The molecule has 1 unspecified atom stereocenters. The van der Waals surface area contributed by atoms with E-state index in [4.69, 9.17) is 5.11 Å². The molecule has 0 aromatic heterocycles. The standard InChI is InChI=1S/C16H21NO3/c1-2-12-4-3-9-17(11-12)15(18)10-13-5-7-14(8-6-13)16(19)20/h5-8,12H,2-4,9-11H2,1H3,(H,19,20). The maximum absolute atomic E-state index is 12.3. The zero-order valence-electron chi connectivity index (χ0n) is 11.8. The molecule has 1 fully saturated rings. The van der Waals surface area contributed by atoms with Gasteiger partial charge in [-0.25, -0.2) is 4.79 Å². The third-order valence-corrected chi connectivity index (χ3v) is 4.01. The van der Waals surface area contributed by atoms with E-state index in [9.17, 15) is 9.59 Å². The Morgan fingerprint density at radius 1 is 1.30 bits per heavy atom. The summed E-state index contributed by atoms with van der Waals surface area (Å²) in [7, 11) is 0. The molecule has 1 aromatic carbocycles.